The minimum atomic E-state index is -0.337. The molecule has 0 atom stereocenters. The monoisotopic (exact) mass is 433 g/mol. The number of rotatable bonds is 5. The molecule has 0 radical (unpaired) electrons. The Morgan fingerprint density at radius 1 is 0.938 bits per heavy atom. The van der Waals surface area contributed by atoms with Gasteiger partial charge in [0.05, 0.1) is 11.1 Å². The predicted molar refractivity (Wildman–Crippen MR) is 119 cm³/mol. The molecule has 2 aliphatic heterocycles. The first-order valence-corrected chi connectivity index (χ1v) is 11.0. The lowest BCUT2D eigenvalue weighted by molar-refractivity contribution is 0.0634. The SMILES string of the molecule is CC(C)CN1C(=O)c2ccc(C(=O)N3CCC(NC(=O)c4ccccc4)CC3)cc2C1=O. The first-order valence-electron chi connectivity index (χ1n) is 11.0. The molecular weight excluding hydrogens is 406 g/mol. The van der Waals surface area contributed by atoms with E-state index < -0.39 is 0 Å². The highest BCUT2D eigenvalue weighted by molar-refractivity contribution is 6.22. The van der Waals surface area contributed by atoms with E-state index in [0.29, 0.717) is 54.7 Å². The summed E-state index contributed by atoms with van der Waals surface area (Å²) in [6.07, 6.45) is 1.32. The van der Waals surface area contributed by atoms with Crippen molar-refractivity contribution in [1.29, 1.82) is 0 Å². The Bertz CT molecular complexity index is 1060. The summed E-state index contributed by atoms with van der Waals surface area (Å²) in [5, 5.41) is 3.03. The summed E-state index contributed by atoms with van der Waals surface area (Å²) in [7, 11) is 0. The van der Waals surface area contributed by atoms with E-state index in [1.807, 2.05) is 32.0 Å². The molecule has 7 nitrogen and oxygen atoms in total. The van der Waals surface area contributed by atoms with E-state index in [4.69, 9.17) is 0 Å². The number of imide groups is 1. The van der Waals surface area contributed by atoms with E-state index in [2.05, 4.69) is 5.32 Å². The van der Waals surface area contributed by atoms with E-state index >= 15 is 0 Å². The first-order chi connectivity index (χ1) is 15.3. The van der Waals surface area contributed by atoms with Gasteiger partial charge in [-0.2, -0.15) is 0 Å². The van der Waals surface area contributed by atoms with Gasteiger partial charge in [-0.3, -0.25) is 24.1 Å². The van der Waals surface area contributed by atoms with Crippen LogP contribution in [0.4, 0.5) is 0 Å². The molecule has 0 spiro atoms. The number of likely N-dealkylation sites (tertiary alicyclic amines) is 1. The van der Waals surface area contributed by atoms with Crippen LogP contribution in [0.1, 0.15) is 68.1 Å². The number of carbonyl (C=O) groups excluding carboxylic acids is 4. The topological polar surface area (TPSA) is 86.8 Å². The third-order valence-electron chi connectivity index (χ3n) is 5.92. The number of benzene rings is 2. The van der Waals surface area contributed by atoms with E-state index in [0.717, 1.165) is 0 Å². The zero-order chi connectivity index (χ0) is 22.8. The number of piperidine rings is 1. The number of amides is 4. The van der Waals surface area contributed by atoms with Crippen LogP contribution in [0.2, 0.25) is 0 Å². The molecule has 2 aromatic carbocycles. The molecule has 0 aliphatic carbocycles. The molecule has 2 heterocycles. The maximum absolute atomic E-state index is 13.0. The maximum Gasteiger partial charge on any atom is 0.261 e. The molecule has 2 aliphatic rings. The average molecular weight is 434 g/mol. The molecular formula is C25H27N3O4. The summed E-state index contributed by atoms with van der Waals surface area (Å²) in [4.78, 5) is 53.6. The highest BCUT2D eigenvalue weighted by Gasteiger charge is 2.36. The number of carbonyl (C=O) groups is 4. The predicted octanol–water partition coefficient (Wildman–Crippen LogP) is 2.97. The van der Waals surface area contributed by atoms with E-state index in [1.165, 1.54) is 4.90 Å². The van der Waals surface area contributed by atoms with Crippen molar-refractivity contribution in [3.05, 3.63) is 70.8 Å². The van der Waals surface area contributed by atoms with Crippen LogP contribution in [-0.2, 0) is 0 Å². The molecule has 1 N–H and O–H groups in total. The van der Waals surface area contributed by atoms with Gasteiger partial charge in [-0.1, -0.05) is 32.0 Å². The average Bonchev–Trinajstić information content (AvgIpc) is 3.03. The quantitative estimate of drug-likeness (QED) is 0.735. The summed E-state index contributed by atoms with van der Waals surface area (Å²) in [5.74, 6) is -0.739. The van der Waals surface area contributed by atoms with Gasteiger partial charge in [0.2, 0.25) is 0 Å². The normalized spacial score (nSPS) is 16.5. The molecule has 7 heteroatoms. The van der Waals surface area contributed by atoms with Gasteiger partial charge >= 0.3 is 0 Å². The van der Waals surface area contributed by atoms with Crippen LogP contribution < -0.4 is 5.32 Å². The number of nitrogens with zero attached hydrogens (tertiary/aromatic N) is 2. The van der Waals surface area contributed by atoms with Crippen molar-refractivity contribution in [2.45, 2.75) is 32.7 Å². The second-order valence-electron chi connectivity index (χ2n) is 8.78. The largest absolute Gasteiger partial charge is 0.349 e. The van der Waals surface area contributed by atoms with Crippen molar-refractivity contribution >= 4 is 23.6 Å². The second kappa shape index (κ2) is 8.94. The van der Waals surface area contributed by atoms with Gasteiger partial charge in [-0.05, 0) is 49.1 Å². The third kappa shape index (κ3) is 4.28. The van der Waals surface area contributed by atoms with Gasteiger partial charge in [-0.25, -0.2) is 0 Å². The molecule has 2 aromatic rings. The molecule has 0 aromatic heterocycles. The fraction of sp³-hybridized carbons (Fsp3) is 0.360. The zero-order valence-electron chi connectivity index (χ0n) is 18.3. The van der Waals surface area contributed by atoms with Crippen LogP contribution in [0.3, 0.4) is 0 Å². The smallest absolute Gasteiger partial charge is 0.261 e. The minimum Gasteiger partial charge on any atom is -0.349 e. The van der Waals surface area contributed by atoms with Gasteiger partial charge in [0, 0.05) is 36.8 Å². The van der Waals surface area contributed by atoms with Gasteiger partial charge in [0.15, 0.2) is 0 Å². The number of fused-ring (bicyclic) bond motifs is 1. The maximum atomic E-state index is 13.0. The molecule has 32 heavy (non-hydrogen) atoms. The molecule has 4 rings (SSSR count). The Hall–Kier alpha value is -3.48. The first kappa shape index (κ1) is 21.7. The van der Waals surface area contributed by atoms with Crippen LogP contribution in [0.25, 0.3) is 0 Å². The van der Waals surface area contributed by atoms with Crippen molar-refractivity contribution in [2.24, 2.45) is 5.92 Å². The second-order valence-corrected chi connectivity index (χ2v) is 8.78. The van der Waals surface area contributed by atoms with Crippen molar-refractivity contribution in [3.8, 4) is 0 Å². The van der Waals surface area contributed by atoms with Gasteiger partial charge in [0.1, 0.15) is 0 Å². The summed E-state index contributed by atoms with van der Waals surface area (Å²) in [6.45, 7) is 5.29. The minimum absolute atomic E-state index is 0.00978. The number of hydrogen-bond acceptors (Lipinski definition) is 4. The molecule has 166 valence electrons. The number of nitrogens with one attached hydrogen (secondary N) is 1. The lowest BCUT2D eigenvalue weighted by atomic mass is 10.0. The number of hydrogen-bond donors (Lipinski definition) is 1. The summed E-state index contributed by atoms with van der Waals surface area (Å²) in [6, 6.07) is 13.8. The highest BCUT2D eigenvalue weighted by atomic mass is 16.2. The highest BCUT2D eigenvalue weighted by Crippen LogP contribution is 2.26. The Morgan fingerprint density at radius 3 is 2.25 bits per heavy atom. The molecule has 1 fully saturated rings. The van der Waals surface area contributed by atoms with Gasteiger partial charge in [-0.15, -0.1) is 0 Å². The third-order valence-corrected chi connectivity index (χ3v) is 5.92. The Labute approximate surface area is 187 Å². The van der Waals surface area contributed by atoms with E-state index in [1.54, 1.807) is 35.2 Å². The summed E-state index contributed by atoms with van der Waals surface area (Å²) in [5.41, 5.74) is 1.68. The van der Waals surface area contributed by atoms with Crippen molar-refractivity contribution in [2.75, 3.05) is 19.6 Å². The Kier molecular flexibility index (Phi) is 6.08. The van der Waals surface area contributed by atoms with Crippen LogP contribution in [0, 0.1) is 5.92 Å². The van der Waals surface area contributed by atoms with E-state index in [-0.39, 0.29) is 35.6 Å². The molecule has 0 unspecified atom stereocenters. The lowest BCUT2D eigenvalue weighted by Crippen LogP contribution is -2.46. The van der Waals surface area contributed by atoms with Crippen molar-refractivity contribution in [3.63, 3.8) is 0 Å². The van der Waals surface area contributed by atoms with E-state index in [9.17, 15) is 19.2 Å². The van der Waals surface area contributed by atoms with Crippen LogP contribution in [0.5, 0.6) is 0 Å². The van der Waals surface area contributed by atoms with Crippen LogP contribution in [0.15, 0.2) is 48.5 Å². The Balaban J connectivity index is 1.38. The zero-order valence-corrected chi connectivity index (χ0v) is 18.3. The van der Waals surface area contributed by atoms with Crippen LogP contribution >= 0.6 is 0 Å². The van der Waals surface area contributed by atoms with Gasteiger partial charge < -0.3 is 10.2 Å². The fourth-order valence-electron chi connectivity index (χ4n) is 4.22. The summed E-state index contributed by atoms with van der Waals surface area (Å²) >= 11 is 0. The Morgan fingerprint density at radius 2 is 1.59 bits per heavy atom. The standard InChI is InChI=1S/C25H27N3O4/c1-16(2)15-28-24(31)20-9-8-18(14-21(20)25(28)32)23(30)27-12-10-19(11-13-27)26-22(29)17-6-4-3-5-7-17/h3-9,14,16,19H,10-13,15H2,1-2H3,(H,26,29). The summed E-state index contributed by atoms with van der Waals surface area (Å²) < 4.78 is 0. The molecule has 0 bridgehead atoms. The lowest BCUT2D eigenvalue weighted by Gasteiger charge is -2.32. The fourth-order valence-corrected chi connectivity index (χ4v) is 4.22. The molecule has 4 amide bonds. The molecule has 0 saturated carbocycles. The van der Waals surface area contributed by atoms with Gasteiger partial charge in [0.25, 0.3) is 23.6 Å². The van der Waals surface area contributed by atoms with Crippen LogP contribution in [-0.4, -0.2) is 59.1 Å². The van der Waals surface area contributed by atoms with Crippen molar-refractivity contribution < 1.29 is 19.2 Å². The molecule has 1 saturated heterocycles. The van der Waals surface area contributed by atoms with Crippen molar-refractivity contribution in [1.82, 2.24) is 15.1 Å².